The molecule has 2 rings (SSSR count). The average Bonchev–Trinajstić information content (AvgIpc) is 2.86. The Hall–Kier alpha value is -2.83. The zero-order valence-electron chi connectivity index (χ0n) is 9.61. The highest BCUT2D eigenvalue weighted by Crippen LogP contribution is 2.18. The lowest BCUT2D eigenvalue weighted by molar-refractivity contribution is -0.402. The molecule has 0 unspecified atom stereocenters. The van der Waals surface area contributed by atoms with Gasteiger partial charge in [-0.3, -0.25) is 10.1 Å². The minimum Gasteiger partial charge on any atom is -0.486 e. The van der Waals surface area contributed by atoms with Gasteiger partial charge in [0.15, 0.2) is 0 Å². The van der Waals surface area contributed by atoms with Crippen LogP contribution in [0.5, 0.6) is 5.75 Å². The van der Waals surface area contributed by atoms with Crippen LogP contribution in [0.3, 0.4) is 0 Å². The first-order chi connectivity index (χ1) is 9.06. The zero-order chi connectivity index (χ0) is 13.8. The lowest BCUT2D eigenvalue weighted by atomic mass is 10.2. The normalized spacial score (nSPS) is 10.1. The van der Waals surface area contributed by atoms with E-state index < -0.39 is 10.9 Å². The number of nitrogens with zero attached hydrogens (tertiary/aromatic N) is 1. The van der Waals surface area contributed by atoms with Gasteiger partial charge in [-0.1, -0.05) is 0 Å². The number of aromatic carboxylic acids is 1. The van der Waals surface area contributed by atoms with Gasteiger partial charge in [0.05, 0.1) is 11.6 Å². The van der Waals surface area contributed by atoms with Crippen LogP contribution in [0.15, 0.2) is 40.8 Å². The smallest absolute Gasteiger partial charge is 0.433 e. The van der Waals surface area contributed by atoms with Gasteiger partial charge in [0, 0.05) is 0 Å². The average molecular weight is 263 g/mol. The minimum absolute atomic E-state index is 0.0280. The Morgan fingerprint density at radius 1 is 1.26 bits per heavy atom. The van der Waals surface area contributed by atoms with Crippen LogP contribution in [0.2, 0.25) is 0 Å². The molecule has 1 aromatic carbocycles. The SMILES string of the molecule is O=C(O)c1ccc(OCc2ccc([N+](=O)[O-])o2)cc1. The second kappa shape index (κ2) is 5.21. The fourth-order valence-electron chi connectivity index (χ4n) is 1.39. The summed E-state index contributed by atoms with van der Waals surface area (Å²) in [7, 11) is 0. The lowest BCUT2D eigenvalue weighted by Gasteiger charge is -2.03. The van der Waals surface area contributed by atoms with Gasteiger partial charge in [0.1, 0.15) is 23.0 Å². The first-order valence-electron chi connectivity index (χ1n) is 5.25. The van der Waals surface area contributed by atoms with Crippen LogP contribution < -0.4 is 4.74 Å². The molecule has 0 fully saturated rings. The number of benzene rings is 1. The van der Waals surface area contributed by atoms with Crippen LogP contribution in [0, 0.1) is 10.1 Å². The van der Waals surface area contributed by atoms with E-state index in [0.29, 0.717) is 11.5 Å². The number of ether oxygens (including phenoxy) is 1. The molecule has 1 heterocycles. The maximum absolute atomic E-state index is 10.6. The summed E-state index contributed by atoms with van der Waals surface area (Å²) in [6.07, 6.45) is 0. The van der Waals surface area contributed by atoms with Crippen LogP contribution in [-0.2, 0) is 6.61 Å². The maximum Gasteiger partial charge on any atom is 0.433 e. The van der Waals surface area contributed by atoms with Gasteiger partial charge in [0.25, 0.3) is 0 Å². The maximum atomic E-state index is 10.6. The molecule has 0 aliphatic carbocycles. The fraction of sp³-hybridized carbons (Fsp3) is 0.0833. The molecular formula is C12H9NO6. The van der Waals surface area contributed by atoms with E-state index in [4.69, 9.17) is 14.3 Å². The first kappa shape index (κ1) is 12.6. The van der Waals surface area contributed by atoms with Crippen LogP contribution in [0.4, 0.5) is 5.88 Å². The predicted molar refractivity (Wildman–Crippen MR) is 63.1 cm³/mol. The van der Waals surface area contributed by atoms with Crippen LogP contribution in [-0.4, -0.2) is 16.0 Å². The summed E-state index contributed by atoms with van der Waals surface area (Å²) in [5.74, 6) is -0.605. The van der Waals surface area contributed by atoms with E-state index in [-0.39, 0.29) is 18.1 Å². The van der Waals surface area contributed by atoms with Crippen molar-refractivity contribution in [2.75, 3.05) is 0 Å². The van der Waals surface area contributed by atoms with Crippen LogP contribution in [0.1, 0.15) is 16.1 Å². The van der Waals surface area contributed by atoms with E-state index in [2.05, 4.69) is 0 Å². The molecule has 2 aromatic rings. The number of rotatable bonds is 5. The van der Waals surface area contributed by atoms with Crippen molar-refractivity contribution < 1.29 is 24.0 Å². The second-order valence-electron chi connectivity index (χ2n) is 3.62. The summed E-state index contributed by atoms with van der Waals surface area (Å²) in [6.45, 7) is 0.0280. The zero-order valence-corrected chi connectivity index (χ0v) is 9.61. The Labute approximate surface area is 107 Å². The molecule has 7 heteroatoms. The van der Waals surface area contributed by atoms with Gasteiger partial charge in [0.2, 0.25) is 0 Å². The molecule has 1 aromatic heterocycles. The Morgan fingerprint density at radius 2 is 1.95 bits per heavy atom. The van der Waals surface area contributed by atoms with Crippen molar-refractivity contribution in [2.45, 2.75) is 6.61 Å². The van der Waals surface area contributed by atoms with Gasteiger partial charge in [-0.25, -0.2) is 4.79 Å². The minimum atomic E-state index is -1.02. The van der Waals surface area contributed by atoms with Crippen molar-refractivity contribution in [2.24, 2.45) is 0 Å². The van der Waals surface area contributed by atoms with Gasteiger partial charge in [-0.05, 0) is 30.3 Å². The molecule has 0 aliphatic rings. The summed E-state index contributed by atoms with van der Waals surface area (Å²) in [5.41, 5.74) is 0.154. The summed E-state index contributed by atoms with van der Waals surface area (Å²) in [5, 5.41) is 19.1. The van der Waals surface area contributed by atoms with E-state index >= 15 is 0 Å². The third kappa shape index (κ3) is 3.09. The Morgan fingerprint density at radius 3 is 2.47 bits per heavy atom. The molecule has 0 amide bonds. The highest BCUT2D eigenvalue weighted by Gasteiger charge is 2.12. The van der Waals surface area contributed by atoms with E-state index in [1.54, 1.807) is 0 Å². The van der Waals surface area contributed by atoms with Gasteiger partial charge < -0.3 is 14.3 Å². The highest BCUT2D eigenvalue weighted by molar-refractivity contribution is 5.87. The molecule has 0 spiro atoms. The number of nitro groups is 1. The Kier molecular flexibility index (Phi) is 3.46. The van der Waals surface area contributed by atoms with Gasteiger partial charge in [-0.2, -0.15) is 0 Å². The molecule has 1 N–H and O–H groups in total. The third-order valence-electron chi connectivity index (χ3n) is 2.31. The Bertz CT molecular complexity index is 601. The van der Waals surface area contributed by atoms with E-state index in [1.165, 1.54) is 36.4 Å². The third-order valence-corrected chi connectivity index (χ3v) is 2.31. The molecule has 0 atom stereocenters. The van der Waals surface area contributed by atoms with E-state index in [9.17, 15) is 14.9 Å². The number of carboxylic acids is 1. The highest BCUT2D eigenvalue weighted by atomic mass is 16.6. The monoisotopic (exact) mass is 263 g/mol. The molecule has 0 saturated carbocycles. The quantitative estimate of drug-likeness (QED) is 0.656. The summed E-state index contributed by atoms with van der Waals surface area (Å²) in [4.78, 5) is 20.4. The van der Waals surface area contributed by atoms with Crippen molar-refractivity contribution >= 4 is 11.9 Å². The summed E-state index contributed by atoms with van der Waals surface area (Å²) < 4.78 is 10.2. The second-order valence-corrected chi connectivity index (χ2v) is 3.62. The lowest BCUT2D eigenvalue weighted by Crippen LogP contribution is -1.97. The van der Waals surface area contributed by atoms with Crippen molar-refractivity contribution in [3.63, 3.8) is 0 Å². The molecule has 19 heavy (non-hydrogen) atoms. The molecule has 0 saturated heterocycles. The van der Waals surface area contributed by atoms with Crippen molar-refractivity contribution in [1.29, 1.82) is 0 Å². The molecule has 0 bridgehead atoms. The van der Waals surface area contributed by atoms with Gasteiger partial charge in [-0.15, -0.1) is 0 Å². The summed E-state index contributed by atoms with van der Waals surface area (Å²) in [6, 6.07) is 8.50. The molecule has 0 radical (unpaired) electrons. The first-order valence-corrected chi connectivity index (χ1v) is 5.25. The number of hydrogen-bond donors (Lipinski definition) is 1. The predicted octanol–water partition coefficient (Wildman–Crippen LogP) is 2.46. The van der Waals surface area contributed by atoms with Crippen LogP contribution >= 0.6 is 0 Å². The fourth-order valence-corrected chi connectivity index (χ4v) is 1.39. The largest absolute Gasteiger partial charge is 0.486 e. The number of hydrogen-bond acceptors (Lipinski definition) is 5. The van der Waals surface area contributed by atoms with Crippen molar-refractivity contribution in [1.82, 2.24) is 0 Å². The van der Waals surface area contributed by atoms with Crippen molar-refractivity contribution in [3.8, 4) is 5.75 Å². The number of carbonyl (C=O) groups is 1. The molecule has 0 aliphatic heterocycles. The number of furan rings is 1. The van der Waals surface area contributed by atoms with Gasteiger partial charge >= 0.3 is 11.9 Å². The molecule has 7 nitrogen and oxygen atoms in total. The standard InChI is InChI=1S/C12H9NO6/c14-12(15)8-1-3-9(4-2-8)18-7-10-5-6-11(19-10)13(16)17/h1-6H,7H2,(H,14,15). The summed E-state index contributed by atoms with van der Waals surface area (Å²) >= 11 is 0. The van der Waals surface area contributed by atoms with Crippen molar-refractivity contribution in [3.05, 3.63) is 57.8 Å². The molecular weight excluding hydrogens is 254 g/mol. The van der Waals surface area contributed by atoms with Crippen LogP contribution in [0.25, 0.3) is 0 Å². The van der Waals surface area contributed by atoms with E-state index in [0.717, 1.165) is 0 Å². The Balaban J connectivity index is 1.97. The molecule has 98 valence electrons. The number of carboxylic acid groups (broad SMARTS) is 1. The van der Waals surface area contributed by atoms with E-state index in [1.807, 2.05) is 0 Å². The topological polar surface area (TPSA) is 103 Å².